The first-order chi connectivity index (χ1) is 12.9. The molecule has 2 N–H and O–H groups in total. The number of aromatic nitrogens is 1. The molecule has 2 heterocycles. The second-order valence-corrected chi connectivity index (χ2v) is 7.07. The number of hydrogen-bond acceptors (Lipinski definition) is 5. The molecule has 0 bridgehead atoms. The lowest BCUT2D eigenvalue weighted by Gasteiger charge is -2.34. The quantitative estimate of drug-likeness (QED) is 0.711. The van der Waals surface area contributed by atoms with Gasteiger partial charge in [0.1, 0.15) is 0 Å². The highest BCUT2D eigenvalue weighted by molar-refractivity contribution is 9.10. The van der Waals surface area contributed by atoms with Crippen LogP contribution in [0.4, 0.5) is 0 Å². The van der Waals surface area contributed by atoms with Crippen molar-refractivity contribution in [1.82, 2.24) is 14.8 Å². The average molecular weight is 436 g/mol. The van der Waals surface area contributed by atoms with Crippen LogP contribution in [0.15, 0.2) is 53.3 Å². The number of halogens is 1. The topological polar surface area (TPSA) is 94.0 Å². The number of carbonyl (C=O) groups is 2. The zero-order valence-corrected chi connectivity index (χ0v) is 16.4. The zero-order chi connectivity index (χ0) is 19.6. The lowest BCUT2D eigenvalue weighted by Crippen LogP contribution is -2.45. The van der Waals surface area contributed by atoms with E-state index in [2.05, 4.69) is 61.0 Å². The van der Waals surface area contributed by atoms with Crippen molar-refractivity contribution >= 4 is 27.9 Å². The highest BCUT2D eigenvalue weighted by atomic mass is 79.9. The van der Waals surface area contributed by atoms with Crippen molar-refractivity contribution in [2.75, 3.05) is 26.2 Å². The van der Waals surface area contributed by atoms with E-state index in [0.717, 1.165) is 43.7 Å². The van der Waals surface area contributed by atoms with Crippen LogP contribution >= 0.6 is 15.9 Å². The fraction of sp³-hybridized carbons (Fsp3) is 0.316. The first-order valence-corrected chi connectivity index (χ1v) is 9.27. The number of pyridine rings is 1. The molecular formula is C19H22BrN3O4. The fourth-order valence-electron chi connectivity index (χ4n) is 2.70. The molecule has 1 aromatic heterocycles. The van der Waals surface area contributed by atoms with Gasteiger partial charge in [0, 0.05) is 56.1 Å². The van der Waals surface area contributed by atoms with Crippen LogP contribution in [-0.2, 0) is 22.7 Å². The molecule has 3 rings (SSSR count). The molecule has 1 aromatic carbocycles. The molecule has 0 radical (unpaired) electrons. The number of benzene rings is 1. The summed E-state index contributed by atoms with van der Waals surface area (Å²) in [6.45, 7) is 6.59. The third-order valence-corrected chi connectivity index (χ3v) is 4.62. The molecule has 0 aliphatic carbocycles. The van der Waals surface area contributed by atoms with Crippen LogP contribution in [0.25, 0.3) is 0 Å². The van der Waals surface area contributed by atoms with Crippen molar-refractivity contribution in [2.24, 2.45) is 0 Å². The minimum atomic E-state index is -1.82. The van der Waals surface area contributed by atoms with Gasteiger partial charge in [0.15, 0.2) is 0 Å². The zero-order valence-electron chi connectivity index (χ0n) is 14.8. The number of carboxylic acid groups (broad SMARTS) is 2. The Hall–Kier alpha value is -2.29. The number of nitrogens with zero attached hydrogens (tertiary/aromatic N) is 3. The maximum absolute atomic E-state index is 9.10. The van der Waals surface area contributed by atoms with E-state index in [1.54, 1.807) is 0 Å². The molecule has 1 aliphatic rings. The van der Waals surface area contributed by atoms with Gasteiger partial charge in [-0.15, -0.1) is 0 Å². The molecular weight excluding hydrogens is 414 g/mol. The normalized spacial score (nSPS) is 14.9. The molecule has 0 amide bonds. The van der Waals surface area contributed by atoms with E-state index in [0.29, 0.717) is 0 Å². The van der Waals surface area contributed by atoms with E-state index in [1.807, 2.05) is 18.5 Å². The Morgan fingerprint density at radius 3 is 1.85 bits per heavy atom. The molecule has 0 saturated carbocycles. The third kappa shape index (κ3) is 7.86. The van der Waals surface area contributed by atoms with Gasteiger partial charge in [-0.25, -0.2) is 9.59 Å². The maximum Gasteiger partial charge on any atom is 0.414 e. The van der Waals surface area contributed by atoms with Crippen LogP contribution in [0.1, 0.15) is 11.1 Å². The molecule has 27 heavy (non-hydrogen) atoms. The monoisotopic (exact) mass is 435 g/mol. The van der Waals surface area contributed by atoms with E-state index in [4.69, 9.17) is 19.8 Å². The minimum absolute atomic E-state index is 1.01. The Morgan fingerprint density at radius 2 is 1.41 bits per heavy atom. The van der Waals surface area contributed by atoms with E-state index in [-0.39, 0.29) is 0 Å². The van der Waals surface area contributed by atoms with Crippen LogP contribution in [0.3, 0.4) is 0 Å². The van der Waals surface area contributed by atoms with Gasteiger partial charge in [0.25, 0.3) is 0 Å². The smallest absolute Gasteiger partial charge is 0.414 e. The lowest BCUT2D eigenvalue weighted by molar-refractivity contribution is -0.159. The molecule has 2 aromatic rings. The summed E-state index contributed by atoms with van der Waals surface area (Å²) >= 11 is 3.48. The van der Waals surface area contributed by atoms with Gasteiger partial charge in [-0.2, -0.15) is 0 Å². The summed E-state index contributed by atoms with van der Waals surface area (Å²) in [6.07, 6.45) is 3.80. The largest absolute Gasteiger partial charge is 0.473 e. The Morgan fingerprint density at radius 1 is 0.889 bits per heavy atom. The van der Waals surface area contributed by atoms with Crippen LogP contribution in [0.5, 0.6) is 0 Å². The van der Waals surface area contributed by atoms with Crippen molar-refractivity contribution in [3.05, 3.63) is 64.4 Å². The Kier molecular flexibility index (Phi) is 8.38. The third-order valence-electron chi connectivity index (χ3n) is 4.10. The molecule has 1 fully saturated rings. The van der Waals surface area contributed by atoms with Crippen LogP contribution < -0.4 is 0 Å². The molecule has 144 valence electrons. The molecule has 7 nitrogen and oxygen atoms in total. The SMILES string of the molecule is Brc1ccc(CN2CCN(Cc3cccnc3)CC2)cc1.O=C(O)C(=O)O. The van der Waals surface area contributed by atoms with E-state index >= 15 is 0 Å². The van der Waals surface area contributed by atoms with Crippen LogP contribution in [0, 0.1) is 0 Å². The van der Waals surface area contributed by atoms with Crippen molar-refractivity contribution in [3.8, 4) is 0 Å². The van der Waals surface area contributed by atoms with Crippen molar-refractivity contribution < 1.29 is 19.8 Å². The summed E-state index contributed by atoms with van der Waals surface area (Å²) in [6, 6.07) is 12.8. The van der Waals surface area contributed by atoms with E-state index in [1.165, 1.54) is 11.1 Å². The maximum atomic E-state index is 9.10. The molecule has 8 heteroatoms. The minimum Gasteiger partial charge on any atom is -0.473 e. The number of rotatable bonds is 4. The van der Waals surface area contributed by atoms with Gasteiger partial charge < -0.3 is 10.2 Å². The number of hydrogen-bond donors (Lipinski definition) is 2. The second kappa shape index (κ2) is 10.8. The molecule has 0 spiro atoms. The first kappa shape index (κ1) is 21.0. The highest BCUT2D eigenvalue weighted by Gasteiger charge is 2.17. The van der Waals surface area contributed by atoms with Gasteiger partial charge in [0.2, 0.25) is 0 Å². The van der Waals surface area contributed by atoms with Gasteiger partial charge in [-0.05, 0) is 29.3 Å². The molecule has 1 aliphatic heterocycles. The van der Waals surface area contributed by atoms with Crippen molar-refractivity contribution in [3.63, 3.8) is 0 Å². The standard InChI is InChI=1S/C17H20BrN3.C2H2O4/c18-17-5-3-15(4-6-17)13-20-8-10-21(11-9-20)14-16-2-1-7-19-12-16;3-1(4)2(5)6/h1-7,12H,8-11,13-14H2;(H,3,4)(H,5,6). The molecule has 0 unspecified atom stereocenters. The predicted molar refractivity (Wildman–Crippen MR) is 104 cm³/mol. The molecule has 0 atom stereocenters. The number of aliphatic carboxylic acids is 2. The summed E-state index contributed by atoms with van der Waals surface area (Å²) in [4.78, 5) is 27.4. The number of carboxylic acids is 2. The van der Waals surface area contributed by atoms with E-state index < -0.39 is 11.9 Å². The summed E-state index contributed by atoms with van der Waals surface area (Å²) in [5, 5.41) is 14.8. The van der Waals surface area contributed by atoms with Gasteiger partial charge >= 0.3 is 11.9 Å². The van der Waals surface area contributed by atoms with Gasteiger partial charge in [-0.3, -0.25) is 14.8 Å². The first-order valence-electron chi connectivity index (χ1n) is 8.48. The average Bonchev–Trinajstić information content (AvgIpc) is 2.66. The predicted octanol–water partition coefficient (Wildman–Crippen LogP) is 2.32. The van der Waals surface area contributed by atoms with Gasteiger partial charge in [-0.1, -0.05) is 34.1 Å². The molecule has 1 saturated heterocycles. The lowest BCUT2D eigenvalue weighted by atomic mass is 10.2. The summed E-state index contributed by atoms with van der Waals surface area (Å²) in [5.41, 5.74) is 2.69. The van der Waals surface area contributed by atoms with Gasteiger partial charge in [0.05, 0.1) is 0 Å². The fourth-order valence-corrected chi connectivity index (χ4v) is 2.97. The van der Waals surface area contributed by atoms with Crippen LogP contribution in [0.2, 0.25) is 0 Å². The van der Waals surface area contributed by atoms with Crippen LogP contribution in [-0.4, -0.2) is 63.1 Å². The van der Waals surface area contributed by atoms with Crippen molar-refractivity contribution in [1.29, 1.82) is 0 Å². The Balaban J connectivity index is 0.000000380. The Bertz CT molecular complexity index is 720. The number of piperazine rings is 1. The summed E-state index contributed by atoms with van der Waals surface area (Å²) < 4.78 is 1.15. The summed E-state index contributed by atoms with van der Waals surface area (Å²) in [7, 11) is 0. The van der Waals surface area contributed by atoms with Crippen molar-refractivity contribution in [2.45, 2.75) is 13.1 Å². The Labute approximate surface area is 166 Å². The van der Waals surface area contributed by atoms with E-state index in [9.17, 15) is 0 Å². The second-order valence-electron chi connectivity index (χ2n) is 6.15. The highest BCUT2D eigenvalue weighted by Crippen LogP contribution is 2.14. The summed E-state index contributed by atoms with van der Waals surface area (Å²) in [5.74, 6) is -3.65.